The van der Waals surface area contributed by atoms with Crippen LogP contribution in [0.25, 0.3) is 6.08 Å². The van der Waals surface area contributed by atoms with Crippen molar-refractivity contribution in [3.05, 3.63) is 63.6 Å². The fourth-order valence-corrected chi connectivity index (χ4v) is 3.12. The number of benzene rings is 2. The summed E-state index contributed by atoms with van der Waals surface area (Å²) in [6.07, 6.45) is 2.60. The number of ketones is 1. The molecule has 0 N–H and O–H groups in total. The van der Waals surface area contributed by atoms with E-state index < -0.39 is 12.1 Å². The Morgan fingerprint density at radius 3 is 2.71 bits per heavy atom. The van der Waals surface area contributed by atoms with Crippen molar-refractivity contribution in [2.45, 2.75) is 19.4 Å². The maximum absolute atomic E-state index is 12.3. The number of carbonyl (C=O) groups is 2. The molecule has 146 valence electrons. The second-order valence-corrected chi connectivity index (χ2v) is 7.01. The van der Waals surface area contributed by atoms with Gasteiger partial charge in [0.05, 0.1) is 18.2 Å². The molecule has 0 aromatic heterocycles. The molecule has 0 amide bonds. The molecular formula is C21H18Cl2O5. The summed E-state index contributed by atoms with van der Waals surface area (Å²) in [7, 11) is 0. The van der Waals surface area contributed by atoms with Crippen LogP contribution in [0.15, 0.2) is 42.5 Å². The van der Waals surface area contributed by atoms with Gasteiger partial charge in [0.15, 0.2) is 17.6 Å². The van der Waals surface area contributed by atoms with Crippen molar-refractivity contribution in [2.75, 3.05) is 13.2 Å². The van der Waals surface area contributed by atoms with Gasteiger partial charge in [0.2, 0.25) is 5.78 Å². The zero-order valence-corrected chi connectivity index (χ0v) is 16.6. The fourth-order valence-electron chi connectivity index (χ4n) is 2.65. The molecule has 28 heavy (non-hydrogen) atoms. The largest absolute Gasteiger partial charge is 0.489 e. The highest BCUT2D eigenvalue weighted by molar-refractivity contribution is 6.32. The smallest absolute Gasteiger partial charge is 0.331 e. The van der Waals surface area contributed by atoms with Crippen molar-refractivity contribution in [3.63, 3.8) is 0 Å². The molecular weight excluding hydrogens is 403 g/mol. The molecule has 0 bridgehead atoms. The summed E-state index contributed by atoms with van der Waals surface area (Å²) in [6.45, 7) is 2.58. The van der Waals surface area contributed by atoms with Gasteiger partial charge in [-0.1, -0.05) is 35.3 Å². The van der Waals surface area contributed by atoms with Crippen molar-refractivity contribution in [3.8, 4) is 11.5 Å². The highest BCUT2D eigenvalue weighted by Crippen LogP contribution is 2.38. The molecule has 3 rings (SSSR count). The minimum absolute atomic E-state index is 0.331. The topological polar surface area (TPSA) is 61.8 Å². The molecule has 7 heteroatoms. The monoisotopic (exact) mass is 420 g/mol. The molecule has 0 fully saturated rings. The Balaban J connectivity index is 1.66. The van der Waals surface area contributed by atoms with Gasteiger partial charge in [0, 0.05) is 23.1 Å². The molecule has 0 radical (unpaired) electrons. The van der Waals surface area contributed by atoms with Gasteiger partial charge in [-0.2, -0.15) is 0 Å². The Hall–Kier alpha value is -2.50. The van der Waals surface area contributed by atoms with Gasteiger partial charge in [-0.25, -0.2) is 4.79 Å². The van der Waals surface area contributed by atoms with Crippen LogP contribution in [0.3, 0.4) is 0 Å². The van der Waals surface area contributed by atoms with E-state index in [1.807, 2.05) is 0 Å². The van der Waals surface area contributed by atoms with E-state index in [1.54, 1.807) is 36.4 Å². The summed E-state index contributed by atoms with van der Waals surface area (Å²) < 4.78 is 16.4. The number of carbonyl (C=O) groups excluding carboxylic acids is 2. The third-order valence-corrected chi connectivity index (χ3v) is 4.52. The first kappa shape index (κ1) is 20.2. The zero-order chi connectivity index (χ0) is 20.1. The third-order valence-electron chi connectivity index (χ3n) is 4.01. The number of rotatable bonds is 5. The SMILES string of the molecule is CC(OC(=O)/C=C/c1cc(Cl)c2c(c1)OCCCO2)C(=O)c1cccc(Cl)c1. The maximum Gasteiger partial charge on any atom is 0.331 e. The number of hydrogen-bond acceptors (Lipinski definition) is 5. The standard InChI is InChI=1S/C21H18Cl2O5/c1-13(20(25)15-4-2-5-16(22)12-15)28-19(24)7-6-14-10-17(23)21-18(11-14)26-8-3-9-27-21/h2,4-7,10-13H,3,8-9H2,1H3/b7-6+. The molecule has 1 unspecified atom stereocenters. The number of hydrogen-bond donors (Lipinski definition) is 0. The predicted octanol–water partition coefficient (Wildman–Crippen LogP) is 4.98. The van der Waals surface area contributed by atoms with E-state index in [2.05, 4.69) is 0 Å². The van der Waals surface area contributed by atoms with Gasteiger partial charge in [-0.15, -0.1) is 0 Å². The van der Waals surface area contributed by atoms with Crippen LogP contribution in [0.4, 0.5) is 0 Å². The maximum atomic E-state index is 12.3. The van der Waals surface area contributed by atoms with Crippen molar-refractivity contribution in [2.24, 2.45) is 0 Å². The van der Waals surface area contributed by atoms with Gasteiger partial charge in [-0.05, 0) is 42.8 Å². The number of esters is 1. The van der Waals surface area contributed by atoms with Crippen molar-refractivity contribution in [1.29, 1.82) is 0 Å². The van der Waals surface area contributed by atoms with E-state index in [9.17, 15) is 9.59 Å². The lowest BCUT2D eigenvalue weighted by atomic mass is 10.1. The molecule has 2 aromatic rings. The molecule has 1 atom stereocenters. The molecule has 1 heterocycles. The second-order valence-electron chi connectivity index (χ2n) is 6.17. The fraction of sp³-hybridized carbons (Fsp3) is 0.238. The first-order chi connectivity index (χ1) is 13.4. The van der Waals surface area contributed by atoms with E-state index in [0.717, 1.165) is 6.42 Å². The average molecular weight is 421 g/mol. The van der Waals surface area contributed by atoms with Gasteiger partial charge in [-0.3, -0.25) is 4.79 Å². The van der Waals surface area contributed by atoms with Crippen LogP contribution in [0.5, 0.6) is 11.5 Å². The van der Waals surface area contributed by atoms with Gasteiger partial charge >= 0.3 is 5.97 Å². The first-order valence-electron chi connectivity index (χ1n) is 8.71. The zero-order valence-electron chi connectivity index (χ0n) is 15.1. The van der Waals surface area contributed by atoms with Crippen molar-refractivity contribution >= 4 is 41.0 Å². The Morgan fingerprint density at radius 1 is 1.14 bits per heavy atom. The van der Waals surface area contributed by atoms with Crippen LogP contribution >= 0.6 is 23.2 Å². The van der Waals surface area contributed by atoms with Crippen LogP contribution in [-0.4, -0.2) is 31.1 Å². The van der Waals surface area contributed by atoms with Gasteiger partial charge in [0.1, 0.15) is 0 Å². The Labute approximate surface area is 172 Å². The summed E-state index contributed by atoms with van der Waals surface area (Å²) in [4.78, 5) is 24.4. The minimum atomic E-state index is -0.942. The average Bonchev–Trinajstić information content (AvgIpc) is 2.91. The number of ether oxygens (including phenoxy) is 3. The lowest BCUT2D eigenvalue weighted by Crippen LogP contribution is -2.23. The lowest BCUT2D eigenvalue weighted by molar-refractivity contribution is -0.140. The Bertz CT molecular complexity index is 923. The van der Waals surface area contributed by atoms with E-state index in [0.29, 0.717) is 45.9 Å². The van der Waals surface area contributed by atoms with Gasteiger partial charge in [0.25, 0.3) is 0 Å². The summed E-state index contributed by atoms with van der Waals surface area (Å²) in [5.41, 5.74) is 1.03. The summed E-state index contributed by atoms with van der Waals surface area (Å²) in [5, 5.41) is 0.840. The number of Topliss-reactive ketones (excluding diaryl/α,β-unsaturated/α-hetero) is 1. The first-order valence-corrected chi connectivity index (χ1v) is 9.47. The van der Waals surface area contributed by atoms with Crippen LogP contribution < -0.4 is 9.47 Å². The molecule has 2 aromatic carbocycles. The number of halogens is 2. The second kappa shape index (κ2) is 9.13. The van der Waals surface area contributed by atoms with Crippen molar-refractivity contribution in [1.82, 2.24) is 0 Å². The Kier molecular flexibility index (Phi) is 6.60. The van der Waals surface area contributed by atoms with E-state index in [4.69, 9.17) is 37.4 Å². The molecule has 1 aliphatic heterocycles. The third kappa shape index (κ3) is 5.06. The van der Waals surface area contributed by atoms with Crippen LogP contribution in [0, 0.1) is 0 Å². The van der Waals surface area contributed by atoms with Crippen molar-refractivity contribution < 1.29 is 23.8 Å². The predicted molar refractivity (Wildman–Crippen MR) is 107 cm³/mol. The quantitative estimate of drug-likeness (QED) is 0.387. The van der Waals surface area contributed by atoms with E-state index in [-0.39, 0.29) is 5.78 Å². The number of fused-ring (bicyclic) bond motifs is 1. The Morgan fingerprint density at radius 2 is 1.93 bits per heavy atom. The van der Waals surface area contributed by atoms with Crippen LogP contribution in [-0.2, 0) is 9.53 Å². The van der Waals surface area contributed by atoms with Crippen LogP contribution in [0.2, 0.25) is 10.0 Å². The highest BCUT2D eigenvalue weighted by Gasteiger charge is 2.19. The summed E-state index contributed by atoms with van der Waals surface area (Å²) in [5.74, 6) is 0.0520. The lowest BCUT2D eigenvalue weighted by Gasteiger charge is -2.11. The minimum Gasteiger partial charge on any atom is -0.489 e. The molecule has 0 saturated heterocycles. The molecule has 0 spiro atoms. The summed E-state index contributed by atoms with van der Waals surface area (Å²) in [6, 6.07) is 9.88. The normalized spacial score (nSPS) is 14.4. The van der Waals surface area contributed by atoms with E-state index in [1.165, 1.54) is 19.1 Å². The molecule has 0 aliphatic carbocycles. The molecule has 5 nitrogen and oxygen atoms in total. The highest BCUT2D eigenvalue weighted by atomic mass is 35.5. The van der Waals surface area contributed by atoms with Crippen LogP contribution in [0.1, 0.15) is 29.3 Å². The summed E-state index contributed by atoms with van der Waals surface area (Å²) >= 11 is 12.1. The van der Waals surface area contributed by atoms with E-state index >= 15 is 0 Å². The van der Waals surface area contributed by atoms with Gasteiger partial charge < -0.3 is 14.2 Å². The molecule has 0 saturated carbocycles. The molecule has 1 aliphatic rings.